The van der Waals surface area contributed by atoms with Gasteiger partial charge in [-0.05, 0) is 41.8 Å². The Morgan fingerprint density at radius 1 is 1.06 bits per heavy atom. The highest BCUT2D eigenvalue weighted by atomic mass is 32.1. The van der Waals surface area contributed by atoms with Gasteiger partial charge < -0.3 is 14.6 Å². The van der Waals surface area contributed by atoms with Gasteiger partial charge in [0, 0.05) is 25.9 Å². The molecule has 4 aromatic rings. The van der Waals surface area contributed by atoms with Crippen molar-refractivity contribution in [1.82, 2.24) is 15.2 Å². The minimum Gasteiger partial charge on any atom is -0.459 e. The molecule has 5 rings (SSSR count). The summed E-state index contributed by atoms with van der Waals surface area (Å²) >= 11 is 1.69. The van der Waals surface area contributed by atoms with E-state index in [9.17, 15) is 9.59 Å². The van der Waals surface area contributed by atoms with E-state index in [2.05, 4.69) is 16.4 Å². The van der Waals surface area contributed by atoms with Crippen molar-refractivity contribution >= 4 is 33.4 Å². The summed E-state index contributed by atoms with van der Waals surface area (Å²) in [4.78, 5) is 32.4. The molecule has 7 heteroatoms. The fourth-order valence-electron chi connectivity index (χ4n) is 4.11. The van der Waals surface area contributed by atoms with Gasteiger partial charge in [0.25, 0.3) is 5.91 Å². The van der Waals surface area contributed by atoms with E-state index in [0.717, 1.165) is 34.5 Å². The highest BCUT2D eigenvalue weighted by Gasteiger charge is 2.35. The largest absolute Gasteiger partial charge is 0.459 e. The van der Waals surface area contributed by atoms with Gasteiger partial charge in [0.05, 0.1) is 21.5 Å². The molecule has 0 fully saturated rings. The van der Waals surface area contributed by atoms with Crippen LogP contribution in [0.15, 0.2) is 71.3 Å². The van der Waals surface area contributed by atoms with E-state index >= 15 is 0 Å². The van der Waals surface area contributed by atoms with E-state index in [4.69, 9.17) is 4.42 Å². The minimum absolute atomic E-state index is 0.135. The number of benzene rings is 2. The van der Waals surface area contributed by atoms with Crippen LogP contribution >= 0.6 is 11.3 Å². The lowest BCUT2D eigenvalue weighted by atomic mass is 9.93. The lowest BCUT2D eigenvalue weighted by Gasteiger charge is -2.35. The van der Waals surface area contributed by atoms with Crippen molar-refractivity contribution < 1.29 is 14.0 Å². The van der Waals surface area contributed by atoms with Gasteiger partial charge >= 0.3 is 0 Å². The van der Waals surface area contributed by atoms with Gasteiger partial charge in [-0.15, -0.1) is 11.3 Å². The Morgan fingerprint density at radius 2 is 1.88 bits per heavy atom. The van der Waals surface area contributed by atoms with Crippen LogP contribution in [0.2, 0.25) is 0 Å². The Bertz CT molecular complexity index is 1220. The van der Waals surface area contributed by atoms with Gasteiger partial charge in [0.2, 0.25) is 5.91 Å². The second-order valence-electron chi connectivity index (χ2n) is 7.87. The number of fused-ring (bicyclic) bond motifs is 2. The van der Waals surface area contributed by atoms with Gasteiger partial charge in [-0.25, -0.2) is 4.98 Å². The predicted molar refractivity (Wildman–Crippen MR) is 123 cm³/mol. The fraction of sp³-hybridized carbons (Fsp3) is 0.240. The molecule has 0 saturated heterocycles. The third-order valence-corrected chi connectivity index (χ3v) is 6.85. The second kappa shape index (κ2) is 8.96. The highest BCUT2D eigenvalue weighted by Crippen LogP contribution is 2.26. The van der Waals surface area contributed by atoms with Gasteiger partial charge in [0.1, 0.15) is 6.04 Å². The van der Waals surface area contributed by atoms with Crippen molar-refractivity contribution in [3.05, 3.63) is 88.8 Å². The minimum atomic E-state index is -0.565. The van der Waals surface area contributed by atoms with Crippen LogP contribution in [0.5, 0.6) is 0 Å². The molecule has 1 N–H and O–H groups in total. The topological polar surface area (TPSA) is 75.4 Å². The Balaban J connectivity index is 1.24. The van der Waals surface area contributed by atoms with Crippen molar-refractivity contribution in [2.45, 2.75) is 31.8 Å². The summed E-state index contributed by atoms with van der Waals surface area (Å²) in [6, 6.07) is 18.8. The summed E-state index contributed by atoms with van der Waals surface area (Å²) in [5.74, 6) is -0.152. The van der Waals surface area contributed by atoms with E-state index < -0.39 is 6.04 Å². The van der Waals surface area contributed by atoms with Crippen LogP contribution in [0.25, 0.3) is 10.2 Å². The summed E-state index contributed by atoms with van der Waals surface area (Å²) in [5.41, 5.74) is 3.18. The zero-order valence-corrected chi connectivity index (χ0v) is 18.3. The first kappa shape index (κ1) is 20.5. The van der Waals surface area contributed by atoms with Crippen LogP contribution in [0.3, 0.4) is 0 Å². The molecule has 6 nitrogen and oxygen atoms in total. The molecule has 0 spiro atoms. The number of thiazole rings is 1. The monoisotopic (exact) mass is 445 g/mol. The number of nitrogens with one attached hydrogen (secondary N) is 1. The molecule has 1 atom stereocenters. The van der Waals surface area contributed by atoms with Crippen LogP contribution in [0.1, 0.15) is 33.1 Å². The zero-order chi connectivity index (χ0) is 21.9. The highest BCUT2D eigenvalue weighted by molar-refractivity contribution is 7.18. The van der Waals surface area contributed by atoms with Crippen LogP contribution < -0.4 is 5.32 Å². The van der Waals surface area contributed by atoms with E-state index in [1.165, 1.54) is 11.0 Å². The summed E-state index contributed by atoms with van der Waals surface area (Å²) in [6.45, 7) is 0.926. The van der Waals surface area contributed by atoms with Gasteiger partial charge in [-0.1, -0.05) is 36.4 Å². The molecule has 2 aromatic carbocycles. The molecule has 0 bridgehead atoms. The lowest BCUT2D eigenvalue weighted by Crippen LogP contribution is -2.52. The quantitative estimate of drug-likeness (QED) is 0.451. The number of carbonyl (C=O) groups is 2. The molecule has 0 saturated carbocycles. The number of furan rings is 1. The van der Waals surface area contributed by atoms with Crippen LogP contribution in [0.4, 0.5) is 0 Å². The first-order valence-corrected chi connectivity index (χ1v) is 11.5. The maximum Gasteiger partial charge on any atom is 0.290 e. The third-order valence-electron chi connectivity index (χ3n) is 5.75. The van der Waals surface area contributed by atoms with Crippen molar-refractivity contribution in [3.8, 4) is 0 Å². The van der Waals surface area contributed by atoms with Crippen LogP contribution in [-0.2, 0) is 24.2 Å². The van der Waals surface area contributed by atoms with Gasteiger partial charge in [-0.2, -0.15) is 0 Å². The summed E-state index contributed by atoms with van der Waals surface area (Å²) < 4.78 is 6.49. The Hall–Kier alpha value is -3.45. The molecule has 0 radical (unpaired) electrons. The van der Waals surface area contributed by atoms with Crippen molar-refractivity contribution in [2.75, 3.05) is 6.54 Å². The molecule has 3 heterocycles. The number of aromatic nitrogens is 1. The molecule has 162 valence electrons. The van der Waals surface area contributed by atoms with Crippen LogP contribution in [0, 0.1) is 0 Å². The predicted octanol–water partition coefficient (Wildman–Crippen LogP) is 4.21. The average Bonchev–Trinajstić information content (AvgIpc) is 3.50. The standard InChI is InChI=1S/C25H23N3O3S/c29-24(26-13-5-12-23-27-19-9-3-4-11-22(19)32-23)20-15-17-7-1-2-8-18(17)16-28(20)25(30)21-10-6-14-31-21/h1-4,6-11,14,20H,5,12-13,15-16H2,(H,26,29). The van der Waals surface area contributed by atoms with Crippen LogP contribution in [-0.4, -0.2) is 34.3 Å². The number of rotatable bonds is 6. The number of amides is 2. The van der Waals surface area contributed by atoms with E-state index in [-0.39, 0.29) is 17.6 Å². The number of nitrogens with zero attached hydrogens (tertiary/aromatic N) is 2. The maximum absolute atomic E-state index is 13.1. The number of hydrogen-bond donors (Lipinski definition) is 1. The molecule has 1 aliphatic heterocycles. The van der Waals surface area contributed by atoms with Gasteiger partial charge in [-0.3, -0.25) is 9.59 Å². The smallest absolute Gasteiger partial charge is 0.290 e. The molecular weight excluding hydrogens is 422 g/mol. The first-order chi connectivity index (χ1) is 15.7. The molecular formula is C25H23N3O3S. The summed E-state index contributed by atoms with van der Waals surface area (Å²) in [5, 5.41) is 4.10. The normalized spacial score (nSPS) is 15.5. The molecule has 0 aliphatic carbocycles. The fourth-order valence-corrected chi connectivity index (χ4v) is 5.12. The molecule has 32 heavy (non-hydrogen) atoms. The van der Waals surface area contributed by atoms with Crippen molar-refractivity contribution in [1.29, 1.82) is 0 Å². The summed E-state index contributed by atoms with van der Waals surface area (Å²) in [6.07, 6.45) is 3.57. The number of para-hydroxylation sites is 1. The maximum atomic E-state index is 13.1. The number of hydrogen-bond acceptors (Lipinski definition) is 5. The van der Waals surface area contributed by atoms with E-state index in [1.807, 2.05) is 42.5 Å². The van der Waals surface area contributed by atoms with E-state index in [1.54, 1.807) is 28.4 Å². The Morgan fingerprint density at radius 3 is 2.69 bits per heavy atom. The van der Waals surface area contributed by atoms with Gasteiger partial charge in [0.15, 0.2) is 5.76 Å². The summed E-state index contributed by atoms with van der Waals surface area (Å²) in [7, 11) is 0. The number of carbonyl (C=O) groups excluding carboxylic acids is 2. The Kier molecular flexibility index (Phi) is 5.73. The molecule has 1 unspecified atom stereocenters. The lowest BCUT2D eigenvalue weighted by molar-refractivity contribution is -0.126. The van der Waals surface area contributed by atoms with E-state index in [0.29, 0.717) is 19.5 Å². The van der Waals surface area contributed by atoms with Crippen molar-refractivity contribution in [3.63, 3.8) is 0 Å². The Labute approximate surface area is 189 Å². The SMILES string of the molecule is O=C(NCCCc1nc2ccccc2s1)C1Cc2ccccc2CN1C(=O)c1ccco1. The third kappa shape index (κ3) is 4.16. The first-order valence-electron chi connectivity index (χ1n) is 10.7. The molecule has 2 amide bonds. The average molecular weight is 446 g/mol. The second-order valence-corrected chi connectivity index (χ2v) is 8.98. The molecule has 1 aliphatic rings. The van der Waals surface area contributed by atoms with Crippen molar-refractivity contribution in [2.24, 2.45) is 0 Å². The molecule has 2 aromatic heterocycles. The number of aryl methyl sites for hydroxylation is 1. The zero-order valence-electron chi connectivity index (χ0n) is 17.5.